The number of benzene rings is 2. The van der Waals surface area contributed by atoms with E-state index < -0.39 is 16.0 Å². The highest BCUT2D eigenvalue weighted by atomic mass is 32.2. The second-order valence-corrected chi connectivity index (χ2v) is 7.66. The molecule has 1 heterocycles. The average Bonchev–Trinajstić information content (AvgIpc) is 3.07. The third-order valence-electron chi connectivity index (χ3n) is 3.96. The van der Waals surface area contributed by atoms with Gasteiger partial charge in [-0.15, -0.1) is 10.2 Å². The Morgan fingerprint density at radius 2 is 2.04 bits per heavy atom. The second-order valence-electron chi connectivity index (χ2n) is 6.01. The van der Waals surface area contributed by atoms with E-state index >= 15 is 0 Å². The van der Waals surface area contributed by atoms with Crippen molar-refractivity contribution in [3.05, 3.63) is 54.4 Å². The third-order valence-corrected chi connectivity index (χ3v) is 5.36. The number of hydrogen-bond donors (Lipinski definition) is 2. The van der Waals surface area contributed by atoms with Gasteiger partial charge in [0, 0.05) is 18.3 Å². The molecule has 0 atom stereocenters. The first-order chi connectivity index (χ1) is 13.3. The van der Waals surface area contributed by atoms with Crippen LogP contribution in [-0.4, -0.2) is 41.4 Å². The third kappa shape index (κ3) is 4.12. The minimum Gasteiger partial charge on any atom is -0.495 e. The summed E-state index contributed by atoms with van der Waals surface area (Å²) in [5.74, 6) is -0.356. The Balaban J connectivity index is 1.96. The van der Waals surface area contributed by atoms with Gasteiger partial charge in [0.1, 0.15) is 17.0 Å². The molecule has 0 unspecified atom stereocenters. The Labute approximate surface area is 161 Å². The topological polar surface area (TPSA) is 123 Å². The number of nitrogens with zero attached hydrogens (tertiary/aromatic N) is 3. The van der Waals surface area contributed by atoms with E-state index in [0.717, 1.165) is 0 Å². The average molecular weight is 402 g/mol. The van der Waals surface area contributed by atoms with Crippen LogP contribution in [-0.2, 0) is 28.3 Å². The summed E-state index contributed by atoms with van der Waals surface area (Å²) in [5, 5.41) is 16.8. The molecule has 0 spiro atoms. The van der Waals surface area contributed by atoms with Gasteiger partial charge in [-0.2, -0.15) is 0 Å². The summed E-state index contributed by atoms with van der Waals surface area (Å²) < 4.78 is 35.2. The van der Waals surface area contributed by atoms with E-state index in [1.165, 1.54) is 25.3 Å². The lowest BCUT2D eigenvalue weighted by Gasteiger charge is -2.13. The largest absolute Gasteiger partial charge is 0.495 e. The highest BCUT2D eigenvalue weighted by molar-refractivity contribution is 7.92. The molecule has 0 bridgehead atoms. The van der Waals surface area contributed by atoms with Crippen molar-refractivity contribution < 1.29 is 23.1 Å². The van der Waals surface area contributed by atoms with Crippen LogP contribution in [0.5, 0.6) is 5.75 Å². The molecule has 2 N–H and O–H groups in total. The van der Waals surface area contributed by atoms with E-state index in [9.17, 15) is 13.2 Å². The SMILES string of the molecule is COc1ccc(CC(=O)O)cc1S(=O)(=O)Nc1cccc(-c2nncn2C)c1. The van der Waals surface area contributed by atoms with Crippen molar-refractivity contribution in [2.75, 3.05) is 11.8 Å². The molecule has 0 radical (unpaired) electrons. The highest BCUT2D eigenvalue weighted by Gasteiger charge is 2.21. The number of hydrogen-bond acceptors (Lipinski definition) is 6. The number of rotatable bonds is 7. The highest BCUT2D eigenvalue weighted by Crippen LogP contribution is 2.28. The van der Waals surface area contributed by atoms with Crippen LogP contribution >= 0.6 is 0 Å². The maximum Gasteiger partial charge on any atom is 0.307 e. The molecule has 1 aromatic heterocycles. The fraction of sp³-hybridized carbons (Fsp3) is 0.167. The maximum atomic E-state index is 12.9. The molecule has 146 valence electrons. The predicted molar refractivity (Wildman–Crippen MR) is 102 cm³/mol. The zero-order chi connectivity index (χ0) is 20.3. The van der Waals surface area contributed by atoms with E-state index in [-0.39, 0.29) is 17.1 Å². The number of nitrogens with one attached hydrogen (secondary N) is 1. The molecule has 2 aromatic carbocycles. The Morgan fingerprint density at radius 3 is 2.68 bits per heavy atom. The van der Waals surface area contributed by atoms with Gasteiger partial charge in [-0.3, -0.25) is 9.52 Å². The number of ether oxygens (including phenoxy) is 1. The quantitative estimate of drug-likeness (QED) is 0.619. The first kappa shape index (κ1) is 19.4. The lowest BCUT2D eigenvalue weighted by Crippen LogP contribution is -2.15. The minimum atomic E-state index is -4.02. The molecular weight excluding hydrogens is 384 g/mol. The Morgan fingerprint density at radius 1 is 1.25 bits per heavy atom. The molecule has 28 heavy (non-hydrogen) atoms. The maximum absolute atomic E-state index is 12.9. The number of aromatic nitrogens is 3. The van der Waals surface area contributed by atoms with E-state index in [2.05, 4.69) is 14.9 Å². The van der Waals surface area contributed by atoms with E-state index in [0.29, 0.717) is 22.6 Å². The number of aliphatic carboxylic acids is 1. The molecule has 0 aliphatic rings. The summed E-state index contributed by atoms with van der Waals surface area (Å²) in [5.41, 5.74) is 1.36. The van der Waals surface area contributed by atoms with Crippen LogP contribution < -0.4 is 9.46 Å². The van der Waals surface area contributed by atoms with Gasteiger partial charge in [-0.25, -0.2) is 8.42 Å². The van der Waals surface area contributed by atoms with Gasteiger partial charge in [0.2, 0.25) is 0 Å². The molecule has 0 amide bonds. The van der Waals surface area contributed by atoms with Crippen molar-refractivity contribution in [3.8, 4) is 17.1 Å². The van der Waals surface area contributed by atoms with Crippen LogP contribution in [0, 0.1) is 0 Å². The van der Waals surface area contributed by atoms with Crippen molar-refractivity contribution in [2.24, 2.45) is 7.05 Å². The van der Waals surface area contributed by atoms with Crippen molar-refractivity contribution in [1.82, 2.24) is 14.8 Å². The van der Waals surface area contributed by atoms with E-state index in [1.807, 2.05) is 0 Å². The van der Waals surface area contributed by atoms with Crippen LogP contribution in [0.2, 0.25) is 0 Å². The lowest BCUT2D eigenvalue weighted by molar-refractivity contribution is -0.136. The summed E-state index contributed by atoms with van der Waals surface area (Å²) >= 11 is 0. The minimum absolute atomic E-state index is 0.117. The van der Waals surface area contributed by atoms with Crippen molar-refractivity contribution in [3.63, 3.8) is 0 Å². The summed E-state index contributed by atoms with van der Waals surface area (Å²) in [6.45, 7) is 0. The zero-order valence-corrected chi connectivity index (χ0v) is 16.0. The number of carbonyl (C=O) groups is 1. The standard InChI is InChI=1S/C18H18N4O5S/c1-22-11-19-20-18(22)13-4-3-5-14(10-13)21-28(25,26)16-8-12(9-17(23)24)6-7-15(16)27-2/h3-8,10-11,21H,9H2,1-2H3,(H,23,24). The van der Waals surface area contributed by atoms with Crippen molar-refractivity contribution in [2.45, 2.75) is 11.3 Å². The molecule has 0 aliphatic heterocycles. The van der Waals surface area contributed by atoms with Crippen LogP contribution in [0.25, 0.3) is 11.4 Å². The summed E-state index contributed by atoms with van der Waals surface area (Å²) in [4.78, 5) is 10.8. The summed E-state index contributed by atoms with van der Waals surface area (Å²) in [7, 11) is -0.891. The predicted octanol–water partition coefficient (Wildman–Crippen LogP) is 1.92. The fourth-order valence-corrected chi connectivity index (χ4v) is 3.96. The number of sulfonamides is 1. The number of aryl methyl sites for hydroxylation is 1. The normalized spacial score (nSPS) is 11.2. The number of carboxylic acids is 1. The first-order valence-electron chi connectivity index (χ1n) is 8.16. The zero-order valence-electron chi connectivity index (χ0n) is 15.2. The van der Waals surface area contributed by atoms with Crippen molar-refractivity contribution >= 4 is 21.7 Å². The van der Waals surface area contributed by atoms with Gasteiger partial charge in [0.15, 0.2) is 5.82 Å². The molecule has 9 nitrogen and oxygen atoms in total. The van der Waals surface area contributed by atoms with E-state index in [4.69, 9.17) is 9.84 Å². The fourth-order valence-electron chi connectivity index (χ4n) is 2.69. The monoisotopic (exact) mass is 402 g/mol. The Kier molecular flexibility index (Phi) is 5.32. The van der Waals surface area contributed by atoms with Crippen LogP contribution in [0.15, 0.2) is 53.7 Å². The van der Waals surface area contributed by atoms with Crippen LogP contribution in [0.3, 0.4) is 0 Å². The molecule has 0 saturated carbocycles. The lowest BCUT2D eigenvalue weighted by atomic mass is 10.1. The second kappa shape index (κ2) is 7.69. The number of anilines is 1. The van der Waals surface area contributed by atoms with Gasteiger partial charge >= 0.3 is 5.97 Å². The molecule has 0 aliphatic carbocycles. The van der Waals surface area contributed by atoms with Gasteiger partial charge in [0.05, 0.1) is 13.5 Å². The molecular formula is C18H18N4O5S. The molecule has 0 fully saturated rings. The molecule has 10 heteroatoms. The first-order valence-corrected chi connectivity index (χ1v) is 9.64. The van der Waals surface area contributed by atoms with Crippen molar-refractivity contribution in [1.29, 1.82) is 0 Å². The number of carboxylic acid groups (broad SMARTS) is 1. The Bertz CT molecular complexity index is 1120. The van der Waals surface area contributed by atoms with Crippen LogP contribution in [0.1, 0.15) is 5.56 Å². The molecule has 0 saturated heterocycles. The molecule has 3 rings (SSSR count). The summed E-state index contributed by atoms with van der Waals surface area (Å²) in [6, 6.07) is 11.0. The number of methoxy groups -OCH3 is 1. The smallest absolute Gasteiger partial charge is 0.307 e. The van der Waals surface area contributed by atoms with Gasteiger partial charge < -0.3 is 14.4 Å². The summed E-state index contributed by atoms with van der Waals surface area (Å²) in [6.07, 6.45) is 1.25. The molecule has 3 aromatic rings. The van der Waals surface area contributed by atoms with Gasteiger partial charge in [-0.1, -0.05) is 18.2 Å². The van der Waals surface area contributed by atoms with Gasteiger partial charge in [-0.05, 0) is 29.8 Å². The Hall–Kier alpha value is -3.40. The van der Waals surface area contributed by atoms with E-state index in [1.54, 1.807) is 42.2 Å². The van der Waals surface area contributed by atoms with Gasteiger partial charge in [0.25, 0.3) is 10.0 Å². The van der Waals surface area contributed by atoms with Crippen LogP contribution in [0.4, 0.5) is 5.69 Å².